The molecular formula is C30H30N6. The van der Waals surface area contributed by atoms with Crippen molar-refractivity contribution in [3.8, 4) is 11.3 Å². The van der Waals surface area contributed by atoms with Gasteiger partial charge in [-0.2, -0.15) is 4.98 Å². The molecule has 6 nitrogen and oxygen atoms in total. The molecule has 0 amide bonds. The first kappa shape index (κ1) is 21.5. The Morgan fingerprint density at radius 1 is 0.917 bits per heavy atom. The monoisotopic (exact) mass is 474 g/mol. The summed E-state index contributed by atoms with van der Waals surface area (Å²) in [6.07, 6.45) is 16.4. The van der Waals surface area contributed by atoms with Gasteiger partial charge in [0.2, 0.25) is 0 Å². The van der Waals surface area contributed by atoms with E-state index >= 15 is 0 Å². The molecule has 2 N–H and O–H groups in total. The maximum Gasteiger partial charge on any atom is 0.254 e. The second-order valence-corrected chi connectivity index (χ2v) is 10.3. The summed E-state index contributed by atoms with van der Waals surface area (Å²) in [7, 11) is 0. The summed E-state index contributed by atoms with van der Waals surface area (Å²) in [6.45, 7) is 0.907. The van der Waals surface area contributed by atoms with E-state index in [9.17, 15) is 0 Å². The maximum absolute atomic E-state index is 6.58. The summed E-state index contributed by atoms with van der Waals surface area (Å²) in [4.78, 5) is 12.2. The molecule has 4 aromatic rings. The van der Waals surface area contributed by atoms with Gasteiger partial charge in [-0.25, -0.2) is 9.50 Å². The number of nitrogens with zero attached hydrogens (tertiary/aromatic N) is 5. The Kier molecular flexibility index (Phi) is 5.03. The molecule has 3 aliphatic rings. The van der Waals surface area contributed by atoms with E-state index in [4.69, 9.17) is 20.8 Å². The van der Waals surface area contributed by atoms with Crippen molar-refractivity contribution in [2.45, 2.75) is 50.5 Å². The van der Waals surface area contributed by atoms with Gasteiger partial charge in [-0.05, 0) is 67.7 Å². The van der Waals surface area contributed by atoms with Crippen molar-refractivity contribution in [2.24, 2.45) is 5.73 Å². The van der Waals surface area contributed by atoms with Crippen LogP contribution in [-0.2, 0) is 12.0 Å². The fraction of sp³-hybridized carbons (Fsp3) is 0.300. The van der Waals surface area contributed by atoms with Crippen molar-refractivity contribution in [3.63, 3.8) is 0 Å². The number of benzene rings is 2. The van der Waals surface area contributed by atoms with Crippen molar-refractivity contribution in [3.05, 3.63) is 89.6 Å². The number of anilines is 2. The van der Waals surface area contributed by atoms with E-state index in [-0.39, 0.29) is 5.54 Å². The van der Waals surface area contributed by atoms with Crippen LogP contribution in [0.2, 0.25) is 0 Å². The molecule has 0 radical (unpaired) electrons. The van der Waals surface area contributed by atoms with Gasteiger partial charge < -0.3 is 10.6 Å². The van der Waals surface area contributed by atoms with Gasteiger partial charge in [-0.1, -0.05) is 60.7 Å². The van der Waals surface area contributed by atoms with Crippen molar-refractivity contribution >= 4 is 23.0 Å². The van der Waals surface area contributed by atoms with E-state index in [0.717, 1.165) is 61.9 Å². The number of hydrogen-bond donors (Lipinski definition) is 1. The zero-order valence-corrected chi connectivity index (χ0v) is 20.4. The van der Waals surface area contributed by atoms with Crippen LogP contribution < -0.4 is 10.6 Å². The van der Waals surface area contributed by atoms with Gasteiger partial charge in [-0.15, -0.1) is 5.10 Å². The number of hydrogen-bond acceptors (Lipinski definition) is 5. The van der Waals surface area contributed by atoms with E-state index in [1.165, 1.54) is 28.8 Å². The van der Waals surface area contributed by atoms with E-state index in [2.05, 4.69) is 77.9 Å². The molecule has 0 saturated heterocycles. The summed E-state index contributed by atoms with van der Waals surface area (Å²) >= 11 is 0. The van der Waals surface area contributed by atoms with Gasteiger partial charge in [0.25, 0.3) is 11.7 Å². The number of para-hydroxylation sites is 1. The molecule has 7 rings (SSSR count). The van der Waals surface area contributed by atoms with Gasteiger partial charge in [0.1, 0.15) is 0 Å². The van der Waals surface area contributed by atoms with Crippen LogP contribution in [-0.4, -0.2) is 26.1 Å². The van der Waals surface area contributed by atoms with Crippen LogP contribution in [0.5, 0.6) is 0 Å². The molecule has 2 aromatic carbocycles. The molecule has 1 aliphatic heterocycles. The van der Waals surface area contributed by atoms with E-state index in [0.29, 0.717) is 11.7 Å². The third-order valence-corrected chi connectivity index (χ3v) is 7.96. The molecule has 36 heavy (non-hydrogen) atoms. The van der Waals surface area contributed by atoms with Gasteiger partial charge >= 0.3 is 0 Å². The highest BCUT2D eigenvalue weighted by Gasteiger charge is 2.34. The number of aromatic nitrogens is 4. The standard InChI is InChI=1S/C30H30N6/c31-30(17-7-18-30)24-15-13-23(14-16-24)27-25(21-8-2-1-3-9-21)20-36-28(32-27)33-29(34-36)35-19-6-11-22-10-4-5-12-26(22)35/h2,4-5,8-10,12-16,20H,1,3,6-7,11,17-19,31H2. The van der Waals surface area contributed by atoms with Crippen LogP contribution in [0.15, 0.2) is 73.0 Å². The van der Waals surface area contributed by atoms with Crippen LogP contribution in [0.1, 0.15) is 55.2 Å². The molecule has 0 unspecified atom stereocenters. The highest BCUT2D eigenvalue weighted by molar-refractivity contribution is 5.84. The lowest BCUT2D eigenvalue weighted by molar-refractivity contribution is 0.253. The fourth-order valence-corrected chi connectivity index (χ4v) is 5.72. The normalized spacial score (nSPS) is 18.6. The van der Waals surface area contributed by atoms with Crippen molar-refractivity contribution < 1.29 is 0 Å². The average Bonchev–Trinajstić information content (AvgIpc) is 3.34. The zero-order chi connectivity index (χ0) is 24.1. The van der Waals surface area contributed by atoms with Crippen LogP contribution in [0.3, 0.4) is 0 Å². The Morgan fingerprint density at radius 3 is 2.56 bits per heavy atom. The highest BCUT2D eigenvalue weighted by atomic mass is 15.4. The molecule has 0 spiro atoms. The Labute approximate surface area is 211 Å². The number of nitrogens with two attached hydrogens (primary N) is 1. The predicted molar refractivity (Wildman–Crippen MR) is 144 cm³/mol. The van der Waals surface area contributed by atoms with Crippen LogP contribution in [0, 0.1) is 0 Å². The smallest absolute Gasteiger partial charge is 0.254 e. The largest absolute Gasteiger partial charge is 0.321 e. The molecule has 2 aromatic heterocycles. The van der Waals surface area contributed by atoms with Gasteiger partial charge in [-0.3, -0.25) is 0 Å². The lowest BCUT2D eigenvalue weighted by Crippen LogP contribution is -2.43. The fourth-order valence-electron chi connectivity index (χ4n) is 5.72. The molecule has 1 fully saturated rings. The predicted octanol–water partition coefficient (Wildman–Crippen LogP) is 5.95. The molecule has 3 heterocycles. The second kappa shape index (κ2) is 8.42. The van der Waals surface area contributed by atoms with E-state index < -0.39 is 0 Å². The Bertz CT molecular complexity index is 1510. The third kappa shape index (κ3) is 3.56. The number of fused-ring (bicyclic) bond motifs is 2. The van der Waals surface area contributed by atoms with Crippen molar-refractivity contribution in [1.82, 2.24) is 19.6 Å². The molecule has 6 heteroatoms. The SMILES string of the molecule is NC1(c2ccc(-c3nc4nc(N5CCCc6ccccc65)nn4cc3C3=CCCC=C3)cc2)CCC1. The summed E-state index contributed by atoms with van der Waals surface area (Å²) in [5.74, 6) is 1.32. The minimum absolute atomic E-state index is 0.167. The second-order valence-electron chi connectivity index (χ2n) is 10.3. The van der Waals surface area contributed by atoms with E-state index in [1.54, 1.807) is 0 Å². The maximum atomic E-state index is 6.58. The number of allylic oxidation sites excluding steroid dienone is 4. The average molecular weight is 475 g/mol. The molecule has 180 valence electrons. The topological polar surface area (TPSA) is 72.3 Å². The first-order valence-electron chi connectivity index (χ1n) is 13.1. The number of aryl methyl sites for hydroxylation is 1. The third-order valence-electron chi connectivity index (χ3n) is 7.96. The molecule has 1 saturated carbocycles. The Balaban J connectivity index is 1.34. The van der Waals surface area contributed by atoms with Gasteiger partial charge in [0.05, 0.1) is 5.69 Å². The summed E-state index contributed by atoms with van der Waals surface area (Å²) < 4.78 is 1.84. The summed E-state index contributed by atoms with van der Waals surface area (Å²) in [5.41, 5.74) is 14.4. The van der Waals surface area contributed by atoms with Crippen molar-refractivity contribution in [1.29, 1.82) is 0 Å². The minimum atomic E-state index is -0.167. The minimum Gasteiger partial charge on any atom is -0.321 e. The highest BCUT2D eigenvalue weighted by Crippen LogP contribution is 2.40. The summed E-state index contributed by atoms with van der Waals surface area (Å²) in [5, 5.41) is 4.89. The van der Waals surface area contributed by atoms with Crippen LogP contribution in [0.25, 0.3) is 22.6 Å². The number of rotatable bonds is 4. The van der Waals surface area contributed by atoms with Crippen molar-refractivity contribution in [2.75, 3.05) is 11.4 Å². The van der Waals surface area contributed by atoms with E-state index in [1.807, 2.05) is 4.52 Å². The Hall–Kier alpha value is -3.77. The lowest BCUT2D eigenvalue weighted by atomic mass is 9.72. The van der Waals surface area contributed by atoms with Gasteiger partial charge in [0.15, 0.2) is 0 Å². The zero-order valence-electron chi connectivity index (χ0n) is 20.4. The molecule has 0 atom stereocenters. The lowest BCUT2D eigenvalue weighted by Gasteiger charge is -2.38. The first-order valence-corrected chi connectivity index (χ1v) is 13.1. The van der Waals surface area contributed by atoms with Gasteiger partial charge in [0, 0.05) is 35.1 Å². The van der Waals surface area contributed by atoms with Crippen LogP contribution in [0.4, 0.5) is 11.6 Å². The molecular weight excluding hydrogens is 444 g/mol. The first-order chi connectivity index (χ1) is 17.7. The quantitative estimate of drug-likeness (QED) is 0.396. The summed E-state index contributed by atoms with van der Waals surface area (Å²) in [6, 6.07) is 17.2. The Morgan fingerprint density at radius 2 is 1.78 bits per heavy atom. The molecule has 2 aliphatic carbocycles. The molecule has 0 bridgehead atoms. The van der Waals surface area contributed by atoms with Crippen LogP contribution >= 0.6 is 0 Å².